The standard InChI is InChI=1S/C20H21N5O5/c1-10(13-9-11-5-4-6-12(29-3)17(11)30-13)21-15(26)8-7-14-22-16-18(23-14)25(2)20(28)24-19(16)27/h4-6,9-10H,7-8H2,1-3H3,(H,21,26)(H,22,23)(H,24,27,28). The second-order valence-electron chi connectivity index (χ2n) is 7.02. The molecule has 30 heavy (non-hydrogen) atoms. The minimum absolute atomic E-state index is 0.152. The number of aromatic amines is 2. The summed E-state index contributed by atoms with van der Waals surface area (Å²) in [7, 11) is 3.09. The summed E-state index contributed by atoms with van der Waals surface area (Å²) in [5, 5.41) is 3.78. The Morgan fingerprint density at radius 1 is 1.33 bits per heavy atom. The van der Waals surface area contributed by atoms with Gasteiger partial charge < -0.3 is 19.5 Å². The van der Waals surface area contributed by atoms with E-state index in [0.717, 1.165) is 5.39 Å². The zero-order valence-electron chi connectivity index (χ0n) is 16.7. The number of benzene rings is 1. The minimum Gasteiger partial charge on any atom is -0.493 e. The second-order valence-corrected chi connectivity index (χ2v) is 7.02. The van der Waals surface area contributed by atoms with Crippen molar-refractivity contribution < 1.29 is 13.9 Å². The lowest BCUT2D eigenvalue weighted by molar-refractivity contribution is -0.121. The van der Waals surface area contributed by atoms with E-state index in [4.69, 9.17) is 9.15 Å². The summed E-state index contributed by atoms with van der Waals surface area (Å²) < 4.78 is 12.4. The zero-order chi connectivity index (χ0) is 21.4. The Hall–Kier alpha value is -3.82. The molecule has 3 aromatic heterocycles. The van der Waals surface area contributed by atoms with Crippen molar-refractivity contribution in [2.75, 3.05) is 7.11 Å². The molecule has 0 fully saturated rings. The number of imidazole rings is 1. The van der Waals surface area contributed by atoms with Gasteiger partial charge in [-0.1, -0.05) is 12.1 Å². The molecule has 1 aromatic carbocycles. The van der Waals surface area contributed by atoms with E-state index < -0.39 is 11.2 Å². The number of methoxy groups -OCH3 is 1. The summed E-state index contributed by atoms with van der Waals surface area (Å²) in [4.78, 5) is 45.3. The molecule has 10 nitrogen and oxygen atoms in total. The number of carbonyl (C=O) groups excluding carboxylic acids is 1. The van der Waals surface area contributed by atoms with E-state index in [0.29, 0.717) is 22.9 Å². The van der Waals surface area contributed by atoms with Crippen molar-refractivity contribution in [2.45, 2.75) is 25.8 Å². The van der Waals surface area contributed by atoms with Crippen LogP contribution in [-0.2, 0) is 18.3 Å². The third-order valence-corrected chi connectivity index (χ3v) is 4.94. The Labute approximate surface area is 169 Å². The van der Waals surface area contributed by atoms with Gasteiger partial charge in [0.15, 0.2) is 17.0 Å². The molecule has 3 N–H and O–H groups in total. The zero-order valence-corrected chi connectivity index (χ0v) is 16.7. The maximum atomic E-state index is 12.4. The first-order valence-corrected chi connectivity index (χ1v) is 9.41. The van der Waals surface area contributed by atoms with Crippen LogP contribution < -0.4 is 21.3 Å². The van der Waals surface area contributed by atoms with Gasteiger partial charge in [0.25, 0.3) is 5.56 Å². The van der Waals surface area contributed by atoms with Gasteiger partial charge in [-0.25, -0.2) is 9.78 Å². The van der Waals surface area contributed by atoms with Gasteiger partial charge >= 0.3 is 5.69 Å². The van der Waals surface area contributed by atoms with E-state index in [1.807, 2.05) is 31.2 Å². The molecule has 1 amide bonds. The summed E-state index contributed by atoms with van der Waals surface area (Å²) in [5.41, 5.74) is 0.0138. The van der Waals surface area contributed by atoms with Crippen LogP contribution in [-0.4, -0.2) is 32.5 Å². The fourth-order valence-electron chi connectivity index (χ4n) is 3.32. The van der Waals surface area contributed by atoms with Crippen LogP contribution in [0.2, 0.25) is 0 Å². The molecule has 0 bridgehead atoms. The van der Waals surface area contributed by atoms with Gasteiger partial charge in [0.05, 0.1) is 13.2 Å². The third-order valence-electron chi connectivity index (χ3n) is 4.94. The Morgan fingerprint density at radius 3 is 2.90 bits per heavy atom. The summed E-state index contributed by atoms with van der Waals surface area (Å²) in [6.07, 6.45) is 0.439. The summed E-state index contributed by atoms with van der Waals surface area (Å²) in [6, 6.07) is 7.13. The smallest absolute Gasteiger partial charge is 0.329 e. The van der Waals surface area contributed by atoms with Gasteiger partial charge in [0.1, 0.15) is 17.1 Å². The number of carbonyl (C=O) groups is 1. The molecule has 10 heteroatoms. The highest BCUT2D eigenvalue weighted by molar-refractivity contribution is 5.84. The highest BCUT2D eigenvalue weighted by atomic mass is 16.5. The molecule has 1 unspecified atom stereocenters. The van der Waals surface area contributed by atoms with Crippen LogP contribution in [0.25, 0.3) is 22.1 Å². The minimum atomic E-state index is -0.542. The van der Waals surface area contributed by atoms with Crippen molar-refractivity contribution in [3.63, 3.8) is 0 Å². The maximum Gasteiger partial charge on any atom is 0.329 e. The lowest BCUT2D eigenvalue weighted by Crippen LogP contribution is -2.28. The molecule has 0 spiro atoms. The molecule has 0 aliphatic carbocycles. The van der Waals surface area contributed by atoms with E-state index in [2.05, 4.69) is 20.3 Å². The lowest BCUT2D eigenvalue weighted by Gasteiger charge is -2.11. The van der Waals surface area contributed by atoms with Gasteiger partial charge in [-0.2, -0.15) is 0 Å². The van der Waals surface area contributed by atoms with Crippen LogP contribution in [0.5, 0.6) is 5.75 Å². The average molecular weight is 411 g/mol. The third kappa shape index (κ3) is 3.47. The molecule has 3 heterocycles. The van der Waals surface area contributed by atoms with Crippen LogP contribution in [0.4, 0.5) is 0 Å². The highest BCUT2D eigenvalue weighted by Crippen LogP contribution is 2.30. The van der Waals surface area contributed by atoms with E-state index in [1.165, 1.54) is 11.6 Å². The number of para-hydroxylation sites is 1. The lowest BCUT2D eigenvalue weighted by atomic mass is 10.2. The van der Waals surface area contributed by atoms with Gasteiger partial charge in [-0.15, -0.1) is 0 Å². The summed E-state index contributed by atoms with van der Waals surface area (Å²) >= 11 is 0. The monoisotopic (exact) mass is 411 g/mol. The number of ether oxygens (including phenoxy) is 1. The Balaban J connectivity index is 1.44. The molecule has 4 rings (SSSR count). The summed E-state index contributed by atoms with van der Waals surface area (Å²) in [5.74, 6) is 1.51. The number of amides is 1. The normalized spacial score (nSPS) is 12.4. The molecule has 0 aliphatic rings. The first-order chi connectivity index (χ1) is 14.4. The maximum absolute atomic E-state index is 12.4. The number of H-pyrrole nitrogens is 2. The average Bonchev–Trinajstić information content (AvgIpc) is 3.35. The quantitative estimate of drug-likeness (QED) is 0.440. The van der Waals surface area contributed by atoms with Crippen LogP contribution in [0.1, 0.15) is 31.0 Å². The topological polar surface area (TPSA) is 135 Å². The number of hydrogen-bond acceptors (Lipinski definition) is 6. The fourth-order valence-corrected chi connectivity index (χ4v) is 3.32. The summed E-state index contributed by atoms with van der Waals surface area (Å²) in [6.45, 7) is 1.83. The molecule has 0 saturated carbocycles. The number of rotatable bonds is 6. The second kappa shape index (κ2) is 7.54. The number of aromatic nitrogens is 4. The van der Waals surface area contributed by atoms with Crippen LogP contribution >= 0.6 is 0 Å². The number of fused-ring (bicyclic) bond motifs is 2. The number of nitrogens with zero attached hydrogens (tertiary/aromatic N) is 2. The number of aryl methyl sites for hydroxylation is 2. The van der Waals surface area contributed by atoms with Crippen molar-refractivity contribution in [1.82, 2.24) is 24.8 Å². The van der Waals surface area contributed by atoms with Crippen molar-refractivity contribution in [3.8, 4) is 5.75 Å². The van der Waals surface area contributed by atoms with Crippen molar-refractivity contribution in [2.24, 2.45) is 7.05 Å². The van der Waals surface area contributed by atoms with E-state index in [1.54, 1.807) is 7.11 Å². The number of hydrogen-bond donors (Lipinski definition) is 3. The number of nitrogens with one attached hydrogen (secondary N) is 3. The van der Waals surface area contributed by atoms with E-state index >= 15 is 0 Å². The fraction of sp³-hybridized carbons (Fsp3) is 0.300. The largest absolute Gasteiger partial charge is 0.493 e. The molecule has 0 aliphatic heterocycles. The first-order valence-electron chi connectivity index (χ1n) is 9.41. The molecular weight excluding hydrogens is 390 g/mol. The van der Waals surface area contributed by atoms with Gasteiger partial charge in [0.2, 0.25) is 5.91 Å². The van der Waals surface area contributed by atoms with Crippen molar-refractivity contribution in [1.29, 1.82) is 0 Å². The Morgan fingerprint density at radius 2 is 2.13 bits per heavy atom. The highest BCUT2D eigenvalue weighted by Gasteiger charge is 2.17. The Bertz CT molecular complexity index is 1360. The molecule has 156 valence electrons. The molecule has 4 aromatic rings. The van der Waals surface area contributed by atoms with Crippen LogP contribution in [0, 0.1) is 0 Å². The number of furan rings is 1. The molecule has 1 atom stereocenters. The van der Waals surface area contributed by atoms with Crippen LogP contribution in [0.15, 0.2) is 38.3 Å². The van der Waals surface area contributed by atoms with Crippen molar-refractivity contribution in [3.05, 3.63) is 56.7 Å². The SMILES string of the molecule is COc1cccc2cc(C(C)NC(=O)CCc3nc4c([nH]3)c(=O)[nH]c(=O)n4C)oc12. The Kier molecular flexibility index (Phi) is 4.90. The predicted molar refractivity (Wildman–Crippen MR) is 110 cm³/mol. The predicted octanol–water partition coefficient (Wildman–Crippen LogP) is 1.51. The van der Waals surface area contributed by atoms with E-state index in [9.17, 15) is 14.4 Å². The van der Waals surface area contributed by atoms with E-state index in [-0.39, 0.29) is 36.0 Å². The first kappa shape index (κ1) is 19.5. The van der Waals surface area contributed by atoms with Gasteiger partial charge in [-0.05, 0) is 19.1 Å². The van der Waals surface area contributed by atoms with Crippen LogP contribution in [0.3, 0.4) is 0 Å². The van der Waals surface area contributed by atoms with Crippen molar-refractivity contribution >= 4 is 28.0 Å². The molecular formula is C20H21N5O5. The molecule has 0 radical (unpaired) electrons. The molecule has 0 saturated heterocycles. The van der Waals surface area contributed by atoms with Gasteiger partial charge in [-0.3, -0.25) is 19.1 Å². The van der Waals surface area contributed by atoms with Gasteiger partial charge in [0, 0.05) is 25.3 Å².